The van der Waals surface area contributed by atoms with E-state index in [-0.39, 0.29) is 17.6 Å². The maximum Gasteiger partial charge on any atom is 0.246 e. The zero-order chi connectivity index (χ0) is 17.9. The Kier molecular flexibility index (Phi) is 4.48. The van der Waals surface area contributed by atoms with Crippen LogP contribution >= 0.6 is 0 Å². The highest BCUT2D eigenvalue weighted by atomic mass is 19.1. The van der Waals surface area contributed by atoms with Gasteiger partial charge < -0.3 is 4.90 Å². The van der Waals surface area contributed by atoms with E-state index in [0.29, 0.717) is 6.54 Å². The molecule has 2 aromatic heterocycles. The van der Waals surface area contributed by atoms with E-state index in [9.17, 15) is 9.18 Å². The van der Waals surface area contributed by atoms with Gasteiger partial charge in [0.05, 0.1) is 0 Å². The Morgan fingerprint density at radius 1 is 1.15 bits per heavy atom. The molecule has 0 N–H and O–H groups in total. The van der Waals surface area contributed by atoms with Gasteiger partial charge in [0.15, 0.2) is 5.65 Å². The maximum absolute atomic E-state index is 13.0. The van der Waals surface area contributed by atoms with Gasteiger partial charge in [0.25, 0.3) is 0 Å². The molecular formula is C20H19FN4O. The largest absolute Gasteiger partial charge is 0.338 e. The molecule has 1 aliphatic rings. The van der Waals surface area contributed by atoms with E-state index in [4.69, 9.17) is 0 Å². The van der Waals surface area contributed by atoms with Crippen molar-refractivity contribution < 1.29 is 9.18 Å². The lowest BCUT2D eigenvalue weighted by Gasteiger charge is -2.31. The summed E-state index contributed by atoms with van der Waals surface area (Å²) in [5, 5.41) is 8.55. The molecule has 1 atom stereocenters. The number of likely N-dealkylation sites (tertiary alicyclic amines) is 1. The molecule has 0 radical (unpaired) electrons. The average molecular weight is 350 g/mol. The summed E-state index contributed by atoms with van der Waals surface area (Å²) in [6.45, 7) is 1.36. The van der Waals surface area contributed by atoms with Gasteiger partial charge >= 0.3 is 0 Å². The van der Waals surface area contributed by atoms with Crippen molar-refractivity contribution in [3.8, 4) is 0 Å². The Balaban J connectivity index is 1.47. The van der Waals surface area contributed by atoms with Crippen LogP contribution in [0, 0.1) is 5.82 Å². The monoisotopic (exact) mass is 350 g/mol. The summed E-state index contributed by atoms with van der Waals surface area (Å²) in [5.74, 6) is 0.755. The van der Waals surface area contributed by atoms with Gasteiger partial charge in [0.2, 0.25) is 5.91 Å². The normalized spacial score (nSPS) is 17.9. The van der Waals surface area contributed by atoms with Crippen LogP contribution in [-0.2, 0) is 4.79 Å². The zero-order valence-corrected chi connectivity index (χ0v) is 14.3. The lowest BCUT2D eigenvalue weighted by molar-refractivity contribution is -0.127. The summed E-state index contributed by atoms with van der Waals surface area (Å²) < 4.78 is 14.9. The van der Waals surface area contributed by atoms with Gasteiger partial charge in [-0.05, 0) is 48.7 Å². The van der Waals surface area contributed by atoms with Crippen molar-refractivity contribution in [3.63, 3.8) is 0 Å². The number of carbonyl (C=O) groups is 1. The quantitative estimate of drug-likeness (QED) is 0.681. The van der Waals surface area contributed by atoms with E-state index in [1.165, 1.54) is 12.1 Å². The smallest absolute Gasteiger partial charge is 0.246 e. The lowest BCUT2D eigenvalue weighted by Crippen LogP contribution is -2.38. The molecule has 6 heteroatoms. The van der Waals surface area contributed by atoms with Gasteiger partial charge in [-0.1, -0.05) is 18.2 Å². The number of aromatic nitrogens is 3. The first-order valence-electron chi connectivity index (χ1n) is 8.73. The number of hydrogen-bond acceptors (Lipinski definition) is 3. The minimum Gasteiger partial charge on any atom is -0.338 e. The van der Waals surface area contributed by atoms with Crippen molar-refractivity contribution >= 4 is 17.6 Å². The van der Waals surface area contributed by atoms with Crippen LogP contribution in [0.25, 0.3) is 11.7 Å². The highest BCUT2D eigenvalue weighted by molar-refractivity contribution is 5.91. The Morgan fingerprint density at radius 3 is 2.85 bits per heavy atom. The summed E-state index contributed by atoms with van der Waals surface area (Å²) in [4.78, 5) is 14.4. The number of fused-ring (bicyclic) bond motifs is 1. The van der Waals surface area contributed by atoms with Crippen LogP contribution < -0.4 is 0 Å². The van der Waals surface area contributed by atoms with Gasteiger partial charge in [-0.15, -0.1) is 10.2 Å². The molecule has 0 spiro atoms. The molecule has 0 aliphatic carbocycles. The van der Waals surface area contributed by atoms with Crippen molar-refractivity contribution in [1.82, 2.24) is 19.5 Å². The second kappa shape index (κ2) is 7.07. The van der Waals surface area contributed by atoms with Crippen LogP contribution in [0.3, 0.4) is 0 Å². The van der Waals surface area contributed by atoms with E-state index >= 15 is 0 Å². The molecule has 1 saturated heterocycles. The van der Waals surface area contributed by atoms with Crippen molar-refractivity contribution in [2.45, 2.75) is 18.8 Å². The second-order valence-electron chi connectivity index (χ2n) is 6.50. The fraction of sp³-hybridized carbons (Fsp3) is 0.250. The van der Waals surface area contributed by atoms with Gasteiger partial charge in [0, 0.05) is 31.3 Å². The number of pyridine rings is 1. The maximum atomic E-state index is 13.0. The van der Waals surface area contributed by atoms with Gasteiger partial charge in [0.1, 0.15) is 11.6 Å². The number of carbonyl (C=O) groups excluding carboxylic acids is 1. The van der Waals surface area contributed by atoms with Crippen LogP contribution in [0.4, 0.5) is 4.39 Å². The van der Waals surface area contributed by atoms with E-state index in [1.807, 2.05) is 33.7 Å². The van der Waals surface area contributed by atoms with Crippen LogP contribution in [0.2, 0.25) is 0 Å². The SMILES string of the molecule is O=C(/C=C/c1ccc(F)cc1)N1CCCC(c2nnc3ccccn23)C1. The molecule has 1 fully saturated rings. The highest BCUT2D eigenvalue weighted by Gasteiger charge is 2.26. The van der Waals surface area contributed by atoms with Gasteiger partial charge in [-0.25, -0.2) is 4.39 Å². The van der Waals surface area contributed by atoms with E-state index in [0.717, 1.165) is 36.4 Å². The third kappa shape index (κ3) is 3.35. The molecule has 4 rings (SSSR count). The topological polar surface area (TPSA) is 50.5 Å². The average Bonchev–Trinajstić information content (AvgIpc) is 3.11. The highest BCUT2D eigenvalue weighted by Crippen LogP contribution is 2.26. The van der Waals surface area contributed by atoms with E-state index in [1.54, 1.807) is 24.3 Å². The minimum atomic E-state index is -0.284. The summed E-state index contributed by atoms with van der Waals surface area (Å²) >= 11 is 0. The van der Waals surface area contributed by atoms with Crippen molar-refractivity contribution in [2.75, 3.05) is 13.1 Å². The molecule has 1 aromatic carbocycles. The Bertz CT molecular complexity index is 948. The molecule has 132 valence electrons. The van der Waals surface area contributed by atoms with E-state index in [2.05, 4.69) is 10.2 Å². The van der Waals surface area contributed by atoms with Gasteiger partial charge in [-0.2, -0.15) is 0 Å². The number of rotatable bonds is 3. The number of nitrogens with zero attached hydrogens (tertiary/aromatic N) is 4. The molecule has 0 bridgehead atoms. The van der Waals surface area contributed by atoms with Gasteiger partial charge in [-0.3, -0.25) is 9.20 Å². The molecule has 5 nitrogen and oxygen atoms in total. The van der Waals surface area contributed by atoms with Crippen LogP contribution in [0.15, 0.2) is 54.7 Å². The third-order valence-electron chi connectivity index (χ3n) is 4.73. The molecule has 1 unspecified atom stereocenters. The fourth-order valence-corrected chi connectivity index (χ4v) is 3.37. The first-order chi connectivity index (χ1) is 12.7. The number of piperidine rings is 1. The lowest BCUT2D eigenvalue weighted by atomic mass is 9.97. The number of benzene rings is 1. The molecule has 3 heterocycles. The molecule has 1 amide bonds. The molecular weight excluding hydrogens is 331 g/mol. The second-order valence-corrected chi connectivity index (χ2v) is 6.50. The number of hydrogen-bond donors (Lipinski definition) is 0. The zero-order valence-electron chi connectivity index (χ0n) is 14.3. The number of halogens is 1. The first-order valence-corrected chi connectivity index (χ1v) is 8.73. The Morgan fingerprint density at radius 2 is 2.00 bits per heavy atom. The number of amides is 1. The standard InChI is InChI=1S/C20H19FN4O/c21-17-9-6-15(7-10-17)8-11-19(26)24-12-3-4-16(14-24)20-23-22-18-5-1-2-13-25(18)20/h1-2,5-11,13,16H,3-4,12,14H2/b11-8+. The first kappa shape index (κ1) is 16.4. The van der Waals surface area contributed by atoms with Crippen LogP contribution in [-0.4, -0.2) is 38.5 Å². The van der Waals surface area contributed by atoms with Crippen molar-refractivity contribution in [2.24, 2.45) is 0 Å². The van der Waals surface area contributed by atoms with Crippen LogP contribution in [0.1, 0.15) is 30.1 Å². The summed E-state index contributed by atoms with van der Waals surface area (Å²) in [7, 11) is 0. The fourth-order valence-electron chi connectivity index (χ4n) is 3.37. The summed E-state index contributed by atoms with van der Waals surface area (Å²) in [5.41, 5.74) is 1.62. The third-order valence-corrected chi connectivity index (χ3v) is 4.73. The van der Waals surface area contributed by atoms with Crippen molar-refractivity contribution in [1.29, 1.82) is 0 Å². The molecule has 26 heavy (non-hydrogen) atoms. The molecule has 1 aliphatic heterocycles. The van der Waals surface area contributed by atoms with Crippen LogP contribution in [0.5, 0.6) is 0 Å². The minimum absolute atomic E-state index is 0.0344. The van der Waals surface area contributed by atoms with Crippen molar-refractivity contribution in [3.05, 3.63) is 71.9 Å². The Hall–Kier alpha value is -3.02. The predicted octanol–water partition coefficient (Wildman–Crippen LogP) is 3.29. The summed E-state index contributed by atoms with van der Waals surface area (Å²) in [6, 6.07) is 11.9. The van der Waals surface area contributed by atoms with E-state index < -0.39 is 0 Å². The predicted molar refractivity (Wildman–Crippen MR) is 97.0 cm³/mol. The molecule has 3 aromatic rings. The molecule has 0 saturated carbocycles. The summed E-state index contributed by atoms with van der Waals surface area (Å²) in [6.07, 6.45) is 7.15. The Labute approximate surface area is 150 Å².